The van der Waals surface area contributed by atoms with Gasteiger partial charge in [-0.3, -0.25) is 4.40 Å². The van der Waals surface area contributed by atoms with E-state index in [1.165, 1.54) is 0 Å². The van der Waals surface area contributed by atoms with Gasteiger partial charge in [-0.15, -0.1) is 0 Å². The largest absolute Gasteiger partial charge is 0.383 e. The third-order valence-electron chi connectivity index (χ3n) is 4.25. The maximum absolute atomic E-state index is 6.33. The number of aromatic nitrogens is 4. The molecule has 0 fully saturated rings. The van der Waals surface area contributed by atoms with Crippen molar-refractivity contribution in [2.24, 2.45) is 7.05 Å². The van der Waals surface area contributed by atoms with E-state index >= 15 is 0 Å². The van der Waals surface area contributed by atoms with Crippen LogP contribution in [-0.4, -0.2) is 18.9 Å². The highest BCUT2D eigenvalue weighted by atomic mass is 15.1. The topological polar surface area (TPSA) is 61.1 Å². The Balaban J connectivity index is 1.99. The molecule has 0 saturated carbocycles. The first-order valence-corrected chi connectivity index (χ1v) is 7.23. The van der Waals surface area contributed by atoms with E-state index < -0.39 is 0 Å². The number of nitrogens with zero attached hydrogens (tertiary/aromatic N) is 4. The maximum atomic E-state index is 6.33. The van der Waals surface area contributed by atoms with E-state index in [4.69, 9.17) is 5.73 Å². The van der Waals surface area contributed by atoms with E-state index in [2.05, 4.69) is 32.7 Å². The molecule has 0 aliphatic rings. The number of benzene rings is 1. The van der Waals surface area contributed by atoms with Crippen molar-refractivity contribution in [1.82, 2.24) is 18.9 Å². The number of rotatable bonds is 1. The molecule has 110 valence electrons. The Kier molecular flexibility index (Phi) is 2.54. The van der Waals surface area contributed by atoms with Crippen LogP contribution in [0.25, 0.3) is 27.9 Å². The molecule has 0 saturated heterocycles. The summed E-state index contributed by atoms with van der Waals surface area (Å²) in [7, 11) is 2.02. The minimum atomic E-state index is 0.667. The van der Waals surface area contributed by atoms with Gasteiger partial charge in [-0.2, -0.15) is 0 Å². The van der Waals surface area contributed by atoms with Crippen LogP contribution >= 0.6 is 0 Å². The molecule has 3 aromatic heterocycles. The van der Waals surface area contributed by atoms with Crippen molar-refractivity contribution in [1.29, 1.82) is 0 Å². The van der Waals surface area contributed by atoms with E-state index in [-0.39, 0.29) is 0 Å². The summed E-state index contributed by atoms with van der Waals surface area (Å²) in [6.45, 7) is 4.03. The van der Waals surface area contributed by atoms with Crippen molar-refractivity contribution in [2.45, 2.75) is 13.8 Å². The van der Waals surface area contributed by atoms with E-state index in [1.807, 2.05) is 43.5 Å². The number of hydrogen-bond donors (Lipinski definition) is 1. The molecule has 22 heavy (non-hydrogen) atoms. The van der Waals surface area contributed by atoms with Crippen LogP contribution in [0.15, 0.2) is 36.4 Å². The SMILES string of the molecule is Cc1nc2cc(-c3nc4cccc(C)n4c3N)ccc2n1C. The molecule has 3 heterocycles. The Morgan fingerprint density at radius 3 is 2.64 bits per heavy atom. The highest BCUT2D eigenvalue weighted by Crippen LogP contribution is 2.29. The smallest absolute Gasteiger partial charge is 0.139 e. The second-order valence-corrected chi connectivity index (χ2v) is 5.63. The summed E-state index contributed by atoms with van der Waals surface area (Å²) >= 11 is 0. The third kappa shape index (κ3) is 1.65. The number of hydrogen-bond acceptors (Lipinski definition) is 3. The van der Waals surface area contributed by atoms with Gasteiger partial charge in [-0.1, -0.05) is 12.1 Å². The van der Waals surface area contributed by atoms with Crippen LogP contribution in [0.4, 0.5) is 5.82 Å². The summed E-state index contributed by atoms with van der Waals surface area (Å²) in [6.07, 6.45) is 0. The summed E-state index contributed by atoms with van der Waals surface area (Å²) in [5, 5.41) is 0. The monoisotopic (exact) mass is 291 g/mol. The standard InChI is InChI=1S/C17H17N5/c1-10-5-4-6-15-20-16(17(18)22(10)15)12-7-8-14-13(9-12)19-11(2)21(14)3/h4-9H,18H2,1-3H3. The number of nitrogens with two attached hydrogens (primary N) is 1. The molecule has 0 bridgehead atoms. The van der Waals surface area contributed by atoms with E-state index in [9.17, 15) is 0 Å². The van der Waals surface area contributed by atoms with Gasteiger partial charge < -0.3 is 10.3 Å². The molecule has 5 nitrogen and oxygen atoms in total. The molecule has 4 rings (SSSR count). The van der Waals surface area contributed by atoms with Gasteiger partial charge in [0.25, 0.3) is 0 Å². The van der Waals surface area contributed by atoms with Crippen molar-refractivity contribution < 1.29 is 0 Å². The third-order valence-corrected chi connectivity index (χ3v) is 4.25. The van der Waals surface area contributed by atoms with E-state index in [0.29, 0.717) is 5.82 Å². The zero-order chi connectivity index (χ0) is 15.4. The van der Waals surface area contributed by atoms with Gasteiger partial charge in [-0.25, -0.2) is 9.97 Å². The summed E-state index contributed by atoms with van der Waals surface area (Å²) in [4.78, 5) is 9.27. The summed E-state index contributed by atoms with van der Waals surface area (Å²) < 4.78 is 4.06. The summed E-state index contributed by atoms with van der Waals surface area (Å²) in [5.74, 6) is 1.66. The van der Waals surface area contributed by atoms with Gasteiger partial charge in [0.1, 0.15) is 23.0 Å². The Morgan fingerprint density at radius 2 is 1.86 bits per heavy atom. The van der Waals surface area contributed by atoms with Crippen LogP contribution in [0.1, 0.15) is 11.5 Å². The lowest BCUT2D eigenvalue weighted by Gasteiger charge is -2.02. The predicted octanol–water partition coefficient (Wildman–Crippen LogP) is 3.09. The molecule has 0 aliphatic heterocycles. The first kappa shape index (κ1) is 12.9. The molecule has 1 aromatic carbocycles. The molecule has 0 unspecified atom stereocenters. The first-order valence-electron chi connectivity index (χ1n) is 7.23. The van der Waals surface area contributed by atoms with Crippen molar-refractivity contribution in [3.8, 4) is 11.3 Å². The number of imidazole rings is 2. The first-order chi connectivity index (χ1) is 10.6. The number of aryl methyl sites for hydroxylation is 3. The molecule has 4 aromatic rings. The second kappa shape index (κ2) is 4.34. The summed E-state index contributed by atoms with van der Waals surface area (Å²) in [5.41, 5.74) is 12.1. The van der Waals surface area contributed by atoms with Crippen molar-refractivity contribution in [2.75, 3.05) is 5.73 Å². The Bertz CT molecular complexity index is 1020. The van der Waals surface area contributed by atoms with Crippen LogP contribution in [-0.2, 0) is 7.05 Å². The van der Waals surface area contributed by atoms with Crippen LogP contribution in [0, 0.1) is 13.8 Å². The molecular weight excluding hydrogens is 274 g/mol. The molecule has 0 aliphatic carbocycles. The van der Waals surface area contributed by atoms with Gasteiger partial charge in [0.05, 0.1) is 11.0 Å². The van der Waals surface area contributed by atoms with Gasteiger partial charge in [0, 0.05) is 18.3 Å². The Morgan fingerprint density at radius 1 is 1.05 bits per heavy atom. The van der Waals surface area contributed by atoms with E-state index in [1.54, 1.807) is 0 Å². The average Bonchev–Trinajstić information content (AvgIpc) is 2.98. The van der Waals surface area contributed by atoms with Gasteiger partial charge in [-0.05, 0) is 38.1 Å². The highest BCUT2D eigenvalue weighted by Gasteiger charge is 2.14. The molecule has 0 spiro atoms. The zero-order valence-corrected chi connectivity index (χ0v) is 12.8. The number of nitrogen functional groups attached to an aromatic ring is 1. The number of fused-ring (bicyclic) bond motifs is 2. The summed E-state index contributed by atoms with van der Waals surface area (Å²) in [6, 6.07) is 12.2. The fourth-order valence-corrected chi connectivity index (χ4v) is 2.96. The quantitative estimate of drug-likeness (QED) is 0.586. The lowest BCUT2D eigenvalue weighted by Crippen LogP contribution is -1.97. The molecule has 2 N–H and O–H groups in total. The van der Waals surface area contributed by atoms with E-state index in [0.717, 1.165) is 39.5 Å². The second-order valence-electron chi connectivity index (χ2n) is 5.63. The van der Waals surface area contributed by atoms with Crippen LogP contribution < -0.4 is 5.73 Å². The lowest BCUT2D eigenvalue weighted by molar-refractivity contribution is 0.886. The molecular formula is C17H17N5. The fourth-order valence-electron chi connectivity index (χ4n) is 2.96. The Labute approximate surface area is 128 Å². The zero-order valence-electron chi connectivity index (χ0n) is 12.8. The fraction of sp³-hybridized carbons (Fsp3) is 0.176. The highest BCUT2D eigenvalue weighted by molar-refractivity contribution is 5.85. The van der Waals surface area contributed by atoms with Gasteiger partial charge >= 0.3 is 0 Å². The predicted molar refractivity (Wildman–Crippen MR) is 88.8 cm³/mol. The Hall–Kier alpha value is -2.82. The lowest BCUT2D eigenvalue weighted by atomic mass is 10.1. The van der Waals surface area contributed by atoms with Crippen LogP contribution in [0.3, 0.4) is 0 Å². The number of pyridine rings is 1. The van der Waals surface area contributed by atoms with Crippen LogP contribution in [0.5, 0.6) is 0 Å². The van der Waals surface area contributed by atoms with Crippen LogP contribution in [0.2, 0.25) is 0 Å². The van der Waals surface area contributed by atoms with Crippen molar-refractivity contribution >= 4 is 22.5 Å². The molecule has 0 radical (unpaired) electrons. The van der Waals surface area contributed by atoms with Gasteiger partial charge in [0.15, 0.2) is 0 Å². The van der Waals surface area contributed by atoms with Crippen molar-refractivity contribution in [3.05, 3.63) is 47.9 Å². The molecule has 0 atom stereocenters. The maximum Gasteiger partial charge on any atom is 0.139 e. The minimum Gasteiger partial charge on any atom is -0.383 e. The van der Waals surface area contributed by atoms with Gasteiger partial charge in [0.2, 0.25) is 0 Å². The average molecular weight is 291 g/mol. The molecule has 0 amide bonds. The number of anilines is 1. The normalized spacial score (nSPS) is 11.6. The van der Waals surface area contributed by atoms with Crippen molar-refractivity contribution in [3.63, 3.8) is 0 Å². The minimum absolute atomic E-state index is 0.667. The molecule has 5 heteroatoms.